The van der Waals surface area contributed by atoms with Crippen LogP contribution >= 0.6 is 0 Å². The number of hydrogen-bond donors (Lipinski definition) is 1. The van der Waals surface area contributed by atoms with Crippen LogP contribution in [0.15, 0.2) is 53.4 Å². The number of morpholine rings is 1. The topological polar surface area (TPSA) is 79.0 Å². The molecule has 0 radical (unpaired) electrons. The van der Waals surface area contributed by atoms with Crippen LogP contribution in [-0.4, -0.2) is 58.0 Å². The highest BCUT2D eigenvalue weighted by molar-refractivity contribution is 7.89. The molecule has 2 aliphatic heterocycles. The van der Waals surface area contributed by atoms with Gasteiger partial charge in [-0.2, -0.15) is 4.31 Å². The number of sulfonamides is 1. The van der Waals surface area contributed by atoms with Gasteiger partial charge in [-0.3, -0.25) is 4.79 Å². The van der Waals surface area contributed by atoms with E-state index < -0.39 is 10.0 Å². The monoisotopic (exact) mass is 457 g/mol. The number of anilines is 1. The van der Waals surface area contributed by atoms with Gasteiger partial charge in [-0.05, 0) is 49.6 Å². The number of hydrogen-bond acceptors (Lipinski definition) is 5. The Bertz CT molecular complexity index is 1020. The minimum absolute atomic E-state index is 0.0916. The summed E-state index contributed by atoms with van der Waals surface area (Å²) in [5.74, 6) is -0.428. The molecule has 172 valence electrons. The second-order valence-electron chi connectivity index (χ2n) is 8.50. The Morgan fingerprint density at radius 1 is 1.03 bits per heavy atom. The first-order valence-electron chi connectivity index (χ1n) is 11.2. The molecule has 1 unspecified atom stereocenters. The smallest absolute Gasteiger partial charge is 0.243 e. The zero-order chi connectivity index (χ0) is 22.6. The zero-order valence-electron chi connectivity index (χ0n) is 18.5. The highest BCUT2D eigenvalue weighted by atomic mass is 32.2. The lowest BCUT2D eigenvalue weighted by Crippen LogP contribution is -2.45. The molecule has 7 nitrogen and oxygen atoms in total. The molecule has 8 heteroatoms. The minimum atomic E-state index is -3.59. The van der Waals surface area contributed by atoms with Crippen molar-refractivity contribution in [2.45, 2.75) is 31.2 Å². The van der Waals surface area contributed by atoms with Crippen LogP contribution in [0, 0.1) is 12.8 Å². The maximum atomic E-state index is 13.0. The molecule has 2 fully saturated rings. The Balaban J connectivity index is 1.33. The van der Waals surface area contributed by atoms with Crippen LogP contribution in [0.4, 0.5) is 5.69 Å². The molecule has 4 rings (SSSR count). The molecule has 2 aromatic carbocycles. The van der Waals surface area contributed by atoms with Gasteiger partial charge in [0.15, 0.2) is 0 Å². The molecular formula is C24H31N3O4S. The average molecular weight is 458 g/mol. The van der Waals surface area contributed by atoms with Crippen LogP contribution in [0.2, 0.25) is 0 Å². The molecule has 0 aliphatic carbocycles. The van der Waals surface area contributed by atoms with E-state index in [-0.39, 0.29) is 23.3 Å². The normalized spacial score (nSPS) is 20.2. The number of nitrogens with zero attached hydrogens (tertiary/aromatic N) is 2. The summed E-state index contributed by atoms with van der Waals surface area (Å²) >= 11 is 0. The van der Waals surface area contributed by atoms with Gasteiger partial charge >= 0.3 is 0 Å². The Morgan fingerprint density at radius 2 is 1.72 bits per heavy atom. The molecular weight excluding hydrogens is 426 g/mol. The summed E-state index contributed by atoms with van der Waals surface area (Å²) in [6.07, 6.45) is 1.37. The third-order valence-corrected chi connectivity index (χ3v) is 8.07. The average Bonchev–Trinajstić information content (AvgIpc) is 2.84. The second-order valence-corrected chi connectivity index (χ2v) is 10.4. The lowest BCUT2D eigenvalue weighted by molar-refractivity contribution is -0.126. The summed E-state index contributed by atoms with van der Waals surface area (Å²) in [4.78, 5) is 15.4. The van der Waals surface area contributed by atoms with E-state index in [2.05, 4.69) is 22.3 Å². The van der Waals surface area contributed by atoms with Crippen molar-refractivity contribution in [2.24, 2.45) is 5.92 Å². The van der Waals surface area contributed by atoms with Crippen LogP contribution in [0.5, 0.6) is 0 Å². The molecule has 1 N–H and O–H groups in total. The Morgan fingerprint density at radius 3 is 2.41 bits per heavy atom. The summed E-state index contributed by atoms with van der Waals surface area (Å²) < 4.78 is 32.8. The number of aryl methyl sites for hydroxylation is 1. The molecule has 2 saturated heterocycles. The van der Waals surface area contributed by atoms with E-state index in [1.807, 2.05) is 19.1 Å². The second kappa shape index (κ2) is 10.0. The van der Waals surface area contributed by atoms with Gasteiger partial charge in [0, 0.05) is 38.4 Å². The fourth-order valence-electron chi connectivity index (χ4n) is 4.21. The molecule has 0 saturated carbocycles. The largest absolute Gasteiger partial charge is 0.378 e. The highest BCUT2D eigenvalue weighted by Gasteiger charge is 2.33. The van der Waals surface area contributed by atoms with Gasteiger partial charge in [0.1, 0.15) is 0 Å². The van der Waals surface area contributed by atoms with E-state index in [9.17, 15) is 13.2 Å². The number of carbonyl (C=O) groups is 1. The minimum Gasteiger partial charge on any atom is -0.378 e. The number of rotatable bonds is 6. The first-order chi connectivity index (χ1) is 15.4. The zero-order valence-corrected chi connectivity index (χ0v) is 19.3. The van der Waals surface area contributed by atoms with Crippen molar-refractivity contribution >= 4 is 21.6 Å². The van der Waals surface area contributed by atoms with E-state index >= 15 is 0 Å². The van der Waals surface area contributed by atoms with Gasteiger partial charge < -0.3 is 15.0 Å². The summed E-state index contributed by atoms with van der Waals surface area (Å²) in [5, 5.41) is 2.99. The van der Waals surface area contributed by atoms with E-state index in [1.165, 1.54) is 4.31 Å². The van der Waals surface area contributed by atoms with Crippen LogP contribution in [0.1, 0.15) is 24.0 Å². The fourth-order valence-corrected chi connectivity index (χ4v) is 5.74. The summed E-state index contributed by atoms with van der Waals surface area (Å²) in [7, 11) is -3.59. The maximum absolute atomic E-state index is 13.0. The molecule has 0 aromatic heterocycles. The van der Waals surface area contributed by atoms with Crippen molar-refractivity contribution in [1.82, 2.24) is 9.62 Å². The highest BCUT2D eigenvalue weighted by Crippen LogP contribution is 2.24. The van der Waals surface area contributed by atoms with Gasteiger partial charge in [0.05, 0.1) is 24.0 Å². The number of carbonyl (C=O) groups excluding carboxylic acids is 1. The van der Waals surface area contributed by atoms with Gasteiger partial charge in [-0.1, -0.05) is 29.8 Å². The van der Waals surface area contributed by atoms with Gasteiger partial charge in [0.25, 0.3) is 0 Å². The summed E-state index contributed by atoms with van der Waals surface area (Å²) in [5.41, 5.74) is 3.20. The van der Waals surface area contributed by atoms with Crippen molar-refractivity contribution in [1.29, 1.82) is 0 Å². The molecule has 32 heavy (non-hydrogen) atoms. The summed E-state index contributed by atoms with van der Waals surface area (Å²) in [6.45, 7) is 6.30. The van der Waals surface area contributed by atoms with E-state index in [0.29, 0.717) is 25.9 Å². The predicted octanol–water partition coefficient (Wildman–Crippen LogP) is 2.55. The summed E-state index contributed by atoms with van der Waals surface area (Å²) in [6, 6.07) is 15.1. The van der Waals surface area contributed by atoms with E-state index in [1.54, 1.807) is 24.3 Å². The first-order valence-corrected chi connectivity index (χ1v) is 12.6. The molecule has 1 amide bonds. The Kier molecular flexibility index (Phi) is 7.13. The molecule has 2 heterocycles. The van der Waals surface area contributed by atoms with Crippen LogP contribution in [0.25, 0.3) is 0 Å². The lowest BCUT2D eigenvalue weighted by Gasteiger charge is -2.31. The number of ether oxygens (including phenoxy) is 1. The lowest BCUT2D eigenvalue weighted by atomic mass is 9.98. The number of piperidine rings is 1. The van der Waals surface area contributed by atoms with Gasteiger partial charge in [-0.25, -0.2) is 8.42 Å². The van der Waals surface area contributed by atoms with Crippen molar-refractivity contribution in [3.8, 4) is 0 Å². The molecule has 2 aliphatic rings. The number of amides is 1. The quantitative estimate of drug-likeness (QED) is 0.721. The SMILES string of the molecule is Cc1ccc(S(=O)(=O)N2CCCC(C(=O)NCc3ccc(N4CCOCC4)cc3)C2)cc1. The van der Waals surface area contributed by atoms with Crippen molar-refractivity contribution in [2.75, 3.05) is 44.3 Å². The number of nitrogens with one attached hydrogen (secondary N) is 1. The van der Waals surface area contributed by atoms with Crippen molar-refractivity contribution in [3.63, 3.8) is 0 Å². The van der Waals surface area contributed by atoms with Crippen molar-refractivity contribution < 1.29 is 17.9 Å². The van der Waals surface area contributed by atoms with Gasteiger partial charge in [-0.15, -0.1) is 0 Å². The molecule has 0 bridgehead atoms. The standard InChI is InChI=1S/C24H31N3O4S/c1-19-4-10-23(11-5-19)32(29,30)27-12-2-3-21(18-27)24(28)25-17-20-6-8-22(9-7-20)26-13-15-31-16-14-26/h4-11,21H,2-3,12-18H2,1H3,(H,25,28). The van der Waals surface area contributed by atoms with Crippen LogP contribution < -0.4 is 10.2 Å². The van der Waals surface area contributed by atoms with Crippen LogP contribution in [-0.2, 0) is 26.1 Å². The third-order valence-electron chi connectivity index (χ3n) is 6.19. The Labute approximate surface area is 190 Å². The number of benzene rings is 2. The fraction of sp³-hybridized carbons (Fsp3) is 0.458. The first kappa shape index (κ1) is 22.8. The molecule has 0 spiro atoms. The van der Waals surface area contributed by atoms with E-state index in [4.69, 9.17) is 4.74 Å². The molecule has 1 atom stereocenters. The predicted molar refractivity (Wildman–Crippen MR) is 124 cm³/mol. The third kappa shape index (κ3) is 5.31. The van der Waals surface area contributed by atoms with Crippen molar-refractivity contribution in [3.05, 3.63) is 59.7 Å². The maximum Gasteiger partial charge on any atom is 0.243 e. The van der Waals surface area contributed by atoms with E-state index in [0.717, 1.165) is 43.1 Å². The molecule has 2 aromatic rings. The Hall–Kier alpha value is -2.42. The van der Waals surface area contributed by atoms with Gasteiger partial charge in [0.2, 0.25) is 15.9 Å². The van der Waals surface area contributed by atoms with Crippen LogP contribution in [0.3, 0.4) is 0 Å².